The largest absolute Gasteiger partial charge is 0.489 e. The van der Waals surface area contributed by atoms with Crippen LogP contribution in [-0.2, 0) is 18.9 Å². The second-order valence-electron chi connectivity index (χ2n) is 5.78. The number of methoxy groups -OCH3 is 3. The van der Waals surface area contributed by atoms with Crippen molar-refractivity contribution in [2.45, 2.75) is 6.29 Å². The van der Waals surface area contributed by atoms with Crippen molar-refractivity contribution < 1.29 is 43.2 Å². The average Bonchev–Trinajstić information content (AvgIpc) is 3.18. The SMILES string of the molecule is COC(=O)c1cc(C(=O)OC)c2c(n1)C(O)OCCOc1cc(C(=O)OC)[nH]c1-2. The first-order valence-electron chi connectivity index (χ1n) is 8.37. The van der Waals surface area contributed by atoms with Gasteiger partial charge >= 0.3 is 17.9 Å². The normalized spacial score (nSPS) is 15.5. The van der Waals surface area contributed by atoms with Crippen LogP contribution in [-0.4, -0.2) is 67.5 Å². The van der Waals surface area contributed by atoms with Gasteiger partial charge < -0.3 is 33.8 Å². The van der Waals surface area contributed by atoms with Crippen molar-refractivity contribution in [1.82, 2.24) is 9.97 Å². The van der Waals surface area contributed by atoms with Gasteiger partial charge in [-0.2, -0.15) is 0 Å². The summed E-state index contributed by atoms with van der Waals surface area (Å²) in [5.41, 5.74) is -0.259. The van der Waals surface area contributed by atoms with Crippen LogP contribution in [0.2, 0.25) is 0 Å². The number of nitrogens with one attached hydrogen (secondary N) is 1. The van der Waals surface area contributed by atoms with Gasteiger partial charge in [-0.05, 0) is 6.07 Å². The Morgan fingerprint density at radius 2 is 1.76 bits per heavy atom. The predicted molar refractivity (Wildman–Crippen MR) is 94.4 cm³/mol. The number of aromatic amines is 1. The molecule has 0 fully saturated rings. The summed E-state index contributed by atoms with van der Waals surface area (Å²) in [6.07, 6.45) is -1.60. The number of hydrogen-bond donors (Lipinski definition) is 2. The maximum atomic E-state index is 12.5. The number of fused-ring (bicyclic) bond motifs is 3. The Kier molecular flexibility index (Phi) is 5.80. The number of carbonyl (C=O) groups excluding carboxylic acids is 3. The molecule has 1 aliphatic rings. The number of nitrogens with zero attached hydrogens (tertiary/aromatic N) is 1. The lowest BCUT2D eigenvalue weighted by Gasteiger charge is -2.17. The van der Waals surface area contributed by atoms with Gasteiger partial charge in [0.1, 0.15) is 29.4 Å². The molecule has 1 unspecified atom stereocenters. The highest BCUT2D eigenvalue weighted by atomic mass is 16.6. The van der Waals surface area contributed by atoms with E-state index in [2.05, 4.69) is 14.7 Å². The van der Waals surface area contributed by atoms with E-state index in [4.69, 9.17) is 18.9 Å². The molecule has 2 N–H and O–H groups in total. The third kappa shape index (κ3) is 3.77. The molecule has 0 aliphatic carbocycles. The minimum absolute atomic E-state index is 0.0313. The van der Waals surface area contributed by atoms with E-state index in [0.29, 0.717) is 0 Å². The summed E-state index contributed by atoms with van der Waals surface area (Å²) >= 11 is 0. The van der Waals surface area contributed by atoms with Gasteiger partial charge in [-0.1, -0.05) is 0 Å². The van der Waals surface area contributed by atoms with Gasteiger partial charge in [0.25, 0.3) is 0 Å². The first kappa shape index (κ1) is 20.3. The van der Waals surface area contributed by atoms with Crippen LogP contribution in [0.1, 0.15) is 43.3 Å². The lowest BCUT2D eigenvalue weighted by molar-refractivity contribution is -0.110. The number of aromatic nitrogens is 2. The van der Waals surface area contributed by atoms with Crippen molar-refractivity contribution in [3.63, 3.8) is 0 Å². The first-order valence-corrected chi connectivity index (χ1v) is 8.37. The number of H-pyrrole nitrogens is 1. The van der Waals surface area contributed by atoms with E-state index in [9.17, 15) is 19.5 Å². The number of carbonyl (C=O) groups is 3. The molecule has 2 aromatic heterocycles. The molecule has 0 saturated heterocycles. The summed E-state index contributed by atoms with van der Waals surface area (Å²) < 4.78 is 25.1. The molecule has 0 amide bonds. The van der Waals surface area contributed by atoms with Crippen LogP contribution in [0.3, 0.4) is 0 Å². The summed E-state index contributed by atoms with van der Waals surface area (Å²) in [5.74, 6) is -2.12. The van der Waals surface area contributed by atoms with Gasteiger partial charge in [0.05, 0.1) is 39.2 Å². The van der Waals surface area contributed by atoms with Crippen LogP contribution in [0.25, 0.3) is 11.3 Å². The van der Waals surface area contributed by atoms with Crippen LogP contribution in [0, 0.1) is 0 Å². The molecule has 0 spiro atoms. The Hall–Kier alpha value is -3.44. The molecule has 11 heteroatoms. The second-order valence-corrected chi connectivity index (χ2v) is 5.78. The summed E-state index contributed by atoms with van der Waals surface area (Å²) in [7, 11) is 3.51. The van der Waals surface area contributed by atoms with Gasteiger partial charge in [0.2, 0.25) is 0 Å². The van der Waals surface area contributed by atoms with Crippen molar-refractivity contribution in [1.29, 1.82) is 0 Å². The fourth-order valence-corrected chi connectivity index (χ4v) is 2.83. The lowest BCUT2D eigenvalue weighted by atomic mass is 10.0. The van der Waals surface area contributed by atoms with Crippen molar-refractivity contribution in [3.05, 3.63) is 34.8 Å². The summed E-state index contributed by atoms with van der Waals surface area (Å²) in [6, 6.07) is 2.54. The topological polar surface area (TPSA) is 146 Å². The van der Waals surface area contributed by atoms with Gasteiger partial charge in [-0.15, -0.1) is 0 Å². The molecular weight excluding hydrogens is 388 g/mol. The molecule has 11 nitrogen and oxygen atoms in total. The molecule has 3 rings (SSSR count). The highest BCUT2D eigenvalue weighted by molar-refractivity contribution is 6.01. The first-order chi connectivity index (χ1) is 13.9. The summed E-state index contributed by atoms with van der Waals surface area (Å²) in [4.78, 5) is 43.4. The minimum atomic E-state index is -1.60. The third-order valence-corrected chi connectivity index (χ3v) is 4.13. The molecule has 29 heavy (non-hydrogen) atoms. The maximum Gasteiger partial charge on any atom is 0.356 e. The Bertz CT molecular complexity index is 966. The van der Waals surface area contributed by atoms with E-state index < -0.39 is 24.2 Å². The third-order valence-electron chi connectivity index (χ3n) is 4.13. The van der Waals surface area contributed by atoms with E-state index in [1.54, 1.807) is 0 Å². The van der Waals surface area contributed by atoms with Gasteiger partial charge in [-0.3, -0.25) is 0 Å². The van der Waals surface area contributed by atoms with Crippen molar-refractivity contribution in [3.8, 4) is 17.0 Å². The molecule has 1 aliphatic heterocycles. The molecule has 154 valence electrons. The number of esters is 3. The van der Waals surface area contributed by atoms with Crippen molar-refractivity contribution in [2.75, 3.05) is 34.5 Å². The zero-order valence-electron chi connectivity index (χ0n) is 15.8. The van der Waals surface area contributed by atoms with E-state index in [0.717, 1.165) is 20.3 Å². The molecule has 3 heterocycles. The number of aliphatic hydroxyl groups excluding tert-OH is 1. The number of hydrogen-bond acceptors (Lipinski definition) is 10. The minimum Gasteiger partial charge on any atom is -0.489 e. The second kappa shape index (κ2) is 8.29. The van der Waals surface area contributed by atoms with Crippen molar-refractivity contribution >= 4 is 17.9 Å². The molecule has 2 aromatic rings. The molecule has 1 atom stereocenters. The van der Waals surface area contributed by atoms with E-state index in [-0.39, 0.29) is 52.9 Å². The summed E-state index contributed by atoms with van der Waals surface area (Å²) in [5, 5.41) is 10.5. The van der Waals surface area contributed by atoms with Crippen molar-refractivity contribution in [2.24, 2.45) is 0 Å². The Morgan fingerprint density at radius 3 is 2.41 bits per heavy atom. The number of rotatable bonds is 3. The van der Waals surface area contributed by atoms with E-state index >= 15 is 0 Å². The van der Waals surface area contributed by atoms with Crippen LogP contribution < -0.4 is 4.74 Å². The molecular formula is C18H18N2O9. The molecule has 0 radical (unpaired) electrons. The molecule has 0 bridgehead atoms. The van der Waals surface area contributed by atoms with Gasteiger partial charge in [0.15, 0.2) is 6.29 Å². The zero-order valence-corrected chi connectivity index (χ0v) is 15.8. The van der Waals surface area contributed by atoms with Gasteiger partial charge in [0, 0.05) is 11.6 Å². The Morgan fingerprint density at radius 1 is 1.07 bits per heavy atom. The van der Waals surface area contributed by atoms with Crippen LogP contribution in [0.5, 0.6) is 5.75 Å². The Labute approximate surface area is 164 Å². The fourth-order valence-electron chi connectivity index (χ4n) is 2.83. The predicted octanol–water partition coefficient (Wildman–Crippen LogP) is 0.836. The number of ether oxygens (including phenoxy) is 5. The number of aliphatic hydroxyl groups is 1. The van der Waals surface area contributed by atoms with Gasteiger partial charge in [-0.25, -0.2) is 19.4 Å². The van der Waals surface area contributed by atoms with E-state index in [1.807, 2.05) is 0 Å². The highest BCUT2D eigenvalue weighted by Crippen LogP contribution is 2.39. The maximum absolute atomic E-state index is 12.5. The van der Waals surface area contributed by atoms with E-state index in [1.165, 1.54) is 13.2 Å². The molecule has 0 aromatic carbocycles. The van der Waals surface area contributed by atoms with Crippen LogP contribution in [0.4, 0.5) is 0 Å². The monoisotopic (exact) mass is 406 g/mol. The molecule has 0 saturated carbocycles. The summed E-state index contributed by atoms with van der Waals surface area (Å²) in [6.45, 7) is 0.00437. The smallest absolute Gasteiger partial charge is 0.356 e. The quantitative estimate of drug-likeness (QED) is 0.555. The highest BCUT2D eigenvalue weighted by Gasteiger charge is 2.31. The zero-order chi connectivity index (χ0) is 21.1. The van der Waals surface area contributed by atoms with Crippen LogP contribution >= 0.6 is 0 Å². The fraction of sp³-hybridized carbons (Fsp3) is 0.333. The van der Waals surface area contributed by atoms with Crippen LogP contribution in [0.15, 0.2) is 12.1 Å². The standard InChI is InChI=1S/C18H18N2O9/c1-25-15(21)8-6-9(16(22)26-2)20-14-12(8)13-11(28-4-5-29-18(14)24)7-10(19-13)17(23)27-3/h6-7,18-19,24H,4-5H2,1-3H3. The number of pyridine rings is 1. The Balaban J connectivity index is 2.35. The lowest BCUT2D eigenvalue weighted by Crippen LogP contribution is -2.17. The average molecular weight is 406 g/mol.